The van der Waals surface area contributed by atoms with Gasteiger partial charge in [0.1, 0.15) is 10.5 Å². The van der Waals surface area contributed by atoms with Crippen molar-refractivity contribution in [2.45, 2.75) is 55.2 Å². The van der Waals surface area contributed by atoms with Gasteiger partial charge in [0.2, 0.25) is 5.91 Å². The molecule has 0 fully saturated rings. The first-order chi connectivity index (χ1) is 20.7. The third-order valence-electron chi connectivity index (χ3n) is 8.25. The molecular formula is C34H40ClN3O4S. The maximum Gasteiger partial charge on any atom is 0.223 e. The molecule has 1 amide bonds. The molecule has 9 heteroatoms. The largest absolute Gasteiger partial charge is 0.495 e. The minimum absolute atomic E-state index is 0.0265. The lowest BCUT2D eigenvalue weighted by Gasteiger charge is -2.35. The smallest absolute Gasteiger partial charge is 0.223 e. The summed E-state index contributed by atoms with van der Waals surface area (Å²) in [6.07, 6.45) is 3.21. The zero-order chi connectivity index (χ0) is 31.1. The highest BCUT2D eigenvalue weighted by atomic mass is 35.5. The molecule has 0 saturated heterocycles. The van der Waals surface area contributed by atoms with Crippen LogP contribution in [0.1, 0.15) is 55.8 Å². The standard InChI is InChI=1S/C34H40ClN3O4S/c1-23(28-15-17-31(41-5)33-29(28)9-7-20-38(33)24(2)39)37(3)19-8-18-34(22-36,43-27-13-11-26(35)12-14-27)25-10-16-30(40-4)32(21-25)42-6/h10-17,21,23H,7-9,18-20H2,1-6H3. The summed E-state index contributed by atoms with van der Waals surface area (Å²) in [6.45, 7) is 5.28. The predicted octanol–water partition coefficient (Wildman–Crippen LogP) is 7.65. The number of rotatable bonds is 12. The van der Waals surface area contributed by atoms with Crippen molar-refractivity contribution >= 4 is 35.0 Å². The van der Waals surface area contributed by atoms with E-state index in [0.29, 0.717) is 29.5 Å². The van der Waals surface area contributed by atoms with Gasteiger partial charge in [0, 0.05) is 29.4 Å². The van der Waals surface area contributed by atoms with Crippen molar-refractivity contribution in [2.24, 2.45) is 0 Å². The van der Waals surface area contributed by atoms with Crippen LogP contribution in [0.15, 0.2) is 59.5 Å². The molecule has 3 aromatic rings. The van der Waals surface area contributed by atoms with Gasteiger partial charge in [0.05, 0.1) is 33.1 Å². The summed E-state index contributed by atoms with van der Waals surface area (Å²) in [5.74, 6) is 1.97. The number of thioether (sulfide) groups is 1. The summed E-state index contributed by atoms with van der Waals surface area (Å²) in [5, 5.41) is 11.4. The third-order valence-corrected chi connectivity index (χ3v) is 9.89. The van der Waals surface area contributed by atoms with E-state index < -0.39 is 4.75 Å². The van der Waals surface area contributed by atoms with Crippen LogP contribution in [0.25, 0.3) is 0 Å². The number of anilines is 1. The van der Waals surface area contributed by atoms with Crippen molar-refractivity contribution in [3.05, 3.63) is 76.3 Å². The van der Waals surface area contributed by atoms with Gasteiger partial charge in [-0.2, -0.15) is 5.26 Å². The first kappa shape index (κ1) is 32.5. The highest BCUT2D eigenvalue weighted by Gasteiger charge is 2.35. The van der Waals surface area contributed by atoms with Crippen LogP contribution in [0.5, 0.6) is 17.2 Å². The van der Waals surface area contributed by atoms with Crippen LogP contribution >= 0.6 is 23.4 Å². The molecule has 1 aliphatic heterocycles. The number of carbonyl (C=O) groups excluding carboxylic acids is 1. The van der Waals surface area contributed by atoms with E-state index in [1.807, 2.05) is 53.4 Å². The monoisotopic (exact) mass is 621 g/mol. The van der Waals surface area contributed by atoms with Crippen LogP contribution in [-0.4, -0.2) is 52.3 Å². The second-order valence-electron chi connectivity index (χ2n) is 10.8. The van der Waals surface area contributed by atoms with Crippen molar-refractivity contribution in [1.29, 1.82) is 5.26 Å². The predicted molar refractivity (Wildman–Crippen MR) is 174 cm³/mol. The van der Waals surface area contributed by atoms with Crippen LogP contribution in [-0.2, 0) is 16.0 Å². The zero-order valence-electron chi connectivity index (χ0n) is 25.8. The van der Waals surface area contributed by atoms with Gasteiger partial charge in [-0.05, 0) is 105 Å². The lowest BCUT2D eigenvalue weighted by Crippen LogP contribution is -2.35. The minimum atomic E-state index is -0.862. The molecule has 2 unspecified atom stereocenters. The number of nitriles is 1. The SMILES string of the molecule is COc1ccc(C(C#N)(CCCN(C)C(C)c2ccc(OC)c3c2CCCN3C(C)=O)Sc2ccc(Cl)cc2)cc1OC. The summed E-state index contributed by atoms with van der Waals surface area (Å²) in [4.78, 5) is 17.6. The molecule has 228 valence electrons. The molecule has 7 nitrogen and oxygen atoms in total. The Labute approximate surface area is 264 Å². The normalized spacial score (nSPS) is 14.8. The molecule has 0 bridgehead atoms. The van der Waals surface area contributed by atoms with Gasteiger partial charge in [-0.15, -0.1) is 0 Å². The fourth-order valence-corrected chi connectivity index (χ4v) is 7.12. The molecule has 1 heterocycles. The molecular weight excluding hydrogens is 582 g/mol. The highest BCUT2D eigenvalue weighted by molar-refractivity contribution is 8.00. The van der Waals surface area contributed by atoms with Gasteiger partial charge in [0.25, 0.3) is 0 Å². The second-order valence-corrected chi connectivity index (χ2v) is 12.6. The first-order valence-corrected chi connectivity index (χ1v) is 15.6. The number of hydrogen-bond donors (Lipinski definition) is 0. The van der Waals surface area contributed by atoms with Crippen molar-refractivity contribution in [3.63, 3.8) is 0 Å². The summed E-state index contributed by atoms with van der Waals surface area (Å²) in [7, 11) is 6.97. The molecule has 0 radical (unpaired) electrons. The summed E-state index contributed by atoms with van der Waals surface area (Å²) in [6, 6.07) is 20.2. The van der Waals surface area contributed by atoms with Crippen molar-refractivity contribution < 1.29 is 19.0 Å². The summed E-state index contributed by atoms with van der Waals surface area (Å²) < 4.78 is 15.8. The van der Waals surface area contributed by atoms with E-state index in [1.54, 1.807) is 28.3 Å². The number of halogens is 1. The van der Waals surface area contributed by atoms with E-state index in [9.17, 15) is 10.1 Å². The Morgan fingerprint density at radius 2 is 1.74 bits per heavy atom. The summed E-state index contributed by atoms with van der Waals surface area (Å²) >= 11 is 7.68. The molecule has 0 aliphatic carbocycles. The van der Waals surface area contributed by atoms with Crippen LogP contribution in [0.4, 0.5) is 5.69 Å². The Morgan fingerprint density at radius 3 is 2.37 bits per heavy atom. The van der Waals surface area contributed by atoms with E-state index in [4.69, 9.17) is 25.8 Å². The fourth-order valence-electron chi connectivity index (χ4n) is 5.78. The Bertz CT molecular complexity index is 1480. The van der Waals surface area contributed by atoms with Crippen molar-refractivity contribution in [1.82, 2.24) is 4.90 Å². The number of amides is 1. The molecule has 43 heavy (non-hydrogen) atoms. The average molecular weight is 622 g/mol. The Kier molecular flexibility index (Phi) is 10.9. The van der Waals surface area contributed by atoms with E-state index in [2.05, 4.69) is 31.0 Å². The van der Waals surface area contributed by atoms with E-state index in [-0.39, 0.29) is 11.9 Å². The molecule has 0 aromatic heterocycles. The van der Waals surface area contributed by atoms with Gasteiger partial charge in [-0.3, -0.25) is 9.69 Å². The van der Waals surface area contributed by atoms with Crippen LogP contribution < -0.4 is 19.1 Å². The van der Waals surface area contributed by atoms with Gasteiger partial charge in [0.15, 0.2) is 11.5 Å². The van der Waals surface area contributed by atoms with E-state index in [1.165, 1.54) is 22.9 Å². The number of ether oxygens (including phenoxy) is 3. The molecule has 4 rings (SSSR count). The van der Waals surface area contributed by atoms with Crippen molar-refractivity contribution in [2.75, 3.05) is 46.4 Å². The van der Waals surface area contributed by atoms with Gasteiger partial charge >= 0.3 is 0 Å². The maximum atomic E-state index is 12.5. The van der Waals surface area contributed by atoms with Crippen LogP contribution in [0, 0.1) is 11.3 Å². The number of methoxy groups -OCH3 is 3. The van der Waals surface area contributed by atoms with Gasteiger partial charge in [-0.1, -0.05) is 35.5 Å². The van der Waals surface area contributed by atoms with Crippen LogP contribution in [0.3, 0.4) is 0 Å². The van der Waals surface area contributed by atoms with E-state index in [0.717, 1.165) is 47.7 Å². The maximum absolute atomic E-state index is 12.5. The lowest BCUT2D eigenvalue weighted by molar-refractivity contribution is -0.116. The Hall–Kier alpha value is -3.38. The number of carbonyl (C=O) groups is 1. The number of benzene rings is 3. The lowest BCUT2D eigenvalue weighted by atomic mass is 9.91. The molecule has 1 aliphatic rings. The molecule has 0 N–H and O–H groups in total. The average Bonchev–Trinajstić information content (AvgIpc) is 3.03. The molecule has 2 atom stereocenters. The van der Waals surface area contributed by atoms with E-state index >= 15 is 0 Å². The molecule has 0 spiro atoms. The first-order valence-electron chi connectivity index (χ1n) is 14.4. The van der Waals surface area contributed by atoms with Gasteiger partial charge in [-0.25, -0.2) is 0 Å². The third kappa shape index (κ3) is 7.06. The second kappa shape index (κ2) is 14.4. The topological polar surface area (TPSA) is 75.0 Å². The summed E-state index contributed by atoms with van der Waals surface area (Å²) in [5.41, 5.74) is 4.13. The highest BCUT2D eigenvalue weighted by Crippen LogP contribution is 2.47. The number of hydrogen-bond acceptors (Lipinski definition) is 7. The minimum Gasteiger partial charge on any atom is -0.495 e. The fraction of sp³-hybridized carbons (Fsp3) is 0.412. The Morgan fingerprint density at radius 1 is 1.07 bits per heavy atom. The number of nitrogens with zero attached hydrogens (tertiary/aromatic N) is 3. The van der Waals surface area contributed by atoms with Crippen LogP contribution in [0.2, 0.25) is 5.02 Å². The molecule has 0 saturated carbocycles. The number of fused-ring (bicyclic) bond motifs is 1. The zero-order valence-corrected chi connectivity index (χ0v) is 27.3. The quantitative estimate of drug-likeness (QED) is 0.192. The Balaban J connectivity index is 1.59. The van der Waals surface area contributed by atoms with Crippen molar-refractivity contribution in [3.8, 4) is 23.3 Å². The van der Waals surface area contributed by atoms with Gasteiger partial charge < -0.3 is 19.1 Å². The molecule has 3 aromatic carbocycles.